The maximum atomic E-state index is 11.8. The molecule has 17 nitrogen and oxygen atoms in total. The van der Waals surface area contributed by atoms with E-state index in [1.165, 1.54) is 22.2 Å². The van der Waals surface area contributed by atoms with Gasteiger partial charge >= 0.3 is 105 Å². The third-order valence-electron chi connectivity index (χ3n) is 4.84. The molecular weight excluding hydrogens is 638 g/mol. The molecule has 3 aromatic heterocycles. The summed E-state index contributed by atoms with van der Waals surface area (Å²) in [5, 5.41) is 33.2. The first kappa shape index (κ1) is 38.3. The molecule has 0 aromatic carbocycles. The number of aromatic nitrogens is 3. The van der Waals surface area contributed by atoms with Crippen molar-refractivity contribution in [2.24, 2.45) is 0 Å². The van der Waals surface area contributed by atoms with Crippen molar-refractivity contribution in [2.45, 2.75) is 24.5 Å². The fourth-order valence-electron chi connectivity index (χ4n) is 3.41. The fourth-order valence-corrected chi connectivity index (χ4v) is 6.74. The SMILES string of the molecule is Nc1ncnc2c1c(-c1cccs1)cn2[C@@H]1O[C@H](CO[P+](=O)OP(=O)([O-])OP(=O)([O-])O[O-])[C@@H](O)[C@H]1O.[Na+].[Na+].[Na+]. The summed E-state index contributed by atoms with van der Waals surface area (Å²) >= 11 is 1.41. The minimum absolute atomic E-state index is 0. The van der Waals surface area contributed by atoms with Gasteiger partial charge in [-0.25, -0.2) is 14.3 Å². The van der Waals surface area contributed by atoms with Gasteiger partial charge in [-0.1, -0.05) is 6.07 Å². The number of hydrogen-bond acceptors (Lipinski definition) is 17. The summed E-state index contributed by atoms with van der Waals surface area (Å²) in [5.41, 5.74) is 6.97. The Bertz CT molecular complexity index is 1370. The van der Waals surface area contributed by atoms with E-state index >= 15 is 0 Å². The van der Waals surface area contributed by atoms with E-state index in [2.05, 4.69) is 27.8 Å². The number of aliphatic hydroxyl groups is 2. The van der Waals surface area contributed by atoms with Crippen LogP contribution in [0.2, 0.25) is 0 Å². The topological polar surface area (TPSA) is 264 Å². The second-order valence-corrected chi connectivity index (χ2v) is 12.0. The van der Waals surface area contributed by atoms with Gasteiger partial charge in [0.2, 0.25) is 0 Å². The number of phosphoric acid groups is 2. The molecule has 1 aliphatic rings. The summed E-state index contributed by atoms with van der Waals surface area (Å²) in [6.45, 7) is -0.773. The third kappa shape index (κ3) is 9.14. The minimum Gasteiger partial charge on any atom is -0.756 e. The summed E-state index contributed by atoms with van der Waals surface area (Å²) in [7, 11) is -15.2. The van der Waals surface area contributed by atoms with Gasteiger partial charge in [0.15, 0.2) is 6.23 Å². The molecule has 4 heterocycles. The monoisotopic (exact) mass is 653 g/mol. The van der Waals surface area contributed by atoms with Crippen molar-refractivity contribution in [1.29, 1.82) is 0 Å². The number of aliphatic hydroxyl groups excluding tert-OH is 2. The molecule has 3 aromatic rings. The Morgan fingerprint density at radius 3 is 2.49 bits per heavy atom. The smallest absolute Gasteiger partial charge is 0.756 e. The molecule has 1 fully saturated rings. The molecule has 0 bridgehead atoms. The molecule has 7 atom stereocenters. The predicted octanol–water partition coefficient (Wildman–Crippen LogP) is -9.69. The second kappa shape index (κ2) is 15.8. The number of ether oxygens (including phenoxy) is 1. The van der Waals surface area contributed by atoms with Crippen LogP contribution in [0.5, 0.6) is 0 Å². The number of fused-ring (bicyclic) bond motifs is 1. The van der Waals surface area contributed by atoms with Crippen LogP contribution in [0.4, 0.5) is 5.82 Å². The summed E-state index contributed by atoms with van der Waals surface area (Å²) in [6, 6.07) is 3.65. The summed E-state index contributed by atoms with van der Waals surface area (Å²) in [5.74, 6) is 0.165. The first-order chi connectivity index (χ1) is 16.9. The molecule has 196 valence electrons. The van der Waals surface area contributed by atoms with Crippen LogP contribution >= 0.6 is 35.2 Å². The Kier molecular flexibility index (Phi) is 15.6. The Labute approximate surface area is 291 Å². The first-order valence-electron chi connectivity index (χ1n) is 9.54. The van der Waals surface area contributed by atoms with Crippen molar-refractivity contribution < 1.29 is 150 Å². The second-order valence-electron chi connectivity index (χ2n) is 7.08. The molecule has 0 saturated carbocycles. The van der Waals surface area contributed by atoms with Gasteiger partial charge in [-0.3, -0.25) is 9.13 Å². The first-order valence-corrected chi connectivity index (χ1v) is 14.4. The molecule has 0 radical (unpaired) electrons. The molecule has 4 rings (SSSR count). The Hall–Kier alpha value is 1.28. The molecule has 4 N–H and O–H groups in total. The van der Waals surface area contributed by atoms with Gasteiger partial charge in [-0.2, -0.15) is 0 Å². The van der Waals surface area contributed by atoms with E-state index in [1.54, 1.807) is 6.20 Å². The van der Waals surface area contributed by atoms with Crippen molar-refractivity contribution in [2.75, 3.05) is 12.3 Å². The van der Waals surface area contributed by atoms with Crippen molar-refractivity contribution in [3.8, 4) is 10.4 Å². The maximum Gasteiger partial charge on any atom is 1.00 e. The maximum absolute atomic E-state index is 11.8. The minimum atomic E-state index is -5.83. The zero-order valence-electron chi connectivity index (χ0n) is 20.5. The van der Waals surface area contributed by atoms with Crippen LogP contribution < -0.4 is 109 Å². The predicted molar refractivity (Wildman–Crippen MR) is 113 cm³/mol. The third-order valence-corrected chi connectivity index (χ3v) is 9.22. The van der Waals surface area contributed by atoms with Crippen molar-refractivity contribution >= 4 is 52.1 Å². The summed E-state index contributed by atoms with van der Waals surface area (Å²) in [6.07, 6.45) is -2.93. The number of nitrogens with two attached hydrogens (primary N) is 1. The van der Waals surface area contributed by atoms with E-state index in [1.807, 2.05) is 17.5 Å². The Morgan fingerprint density at radius 1 is 1.18 bits per heavy atom. The number of thiophene rings is 1. The van der Waals surface area contributed by atoms with Crippen LogP contribution in [0.3, 0.4) is 0 Å². The van der Waals surface area contributed by atoms with Crippen LogP contribution in [-0.4, -0.2) is 49.7 Å². The van der Waals surface area contributed by atoms with Crippen molar-refractivity contribution in [1.82, 2.24) is 14.5 Å². The van der Waals surface area contributed by atoms with Crippen molar-refractivity contribution in [3.05, 3.63) is 30.0 Å². The van der Waals surface area contributed by atoms with Crippen LogP contribution in [-0.2, 0) is 36.3 Å². The van der Waals surface area contributed by atoms with E-state index < -0.39 is 55.0 Å². The van der Waals surface area contributed by atoms with Crippen molar-refractivity contribution in [3.63, 3.8) is 0 Å². The average molecular weight is 653 g/mol. The van der Waals surface area contributed by atoms with Crippen LogP contribution in [0, 0.1) is 0 Å². The molecule has 24 heteroatoms. The van der Waals surface area contributed by atoms with E-state index in [0.717, 1.165) is 4.88 Å². The van der Waals surface area contributed by atoms with Crippen LogP contribution in [0.15, 0.2) is 30.0 Å². The number of hydrogen-bond donors (Lipinski definition) is 3. The zero-order chi connectivity index (χ0) is 26.3. The van der Waals surface area contributed by atoms with Crippen LogP contribution in [0.25, 0.3) is 21.5 Å². The van der Waals surface area contributed by atoms with Gasteiger partial charge in [-0.05, 0) is 15.8 Å². The van der Waals surface area contributed by atoms with E-state index in [0.29, 0.717) is 10.9 Å². The van der Waals surface area contributed by atoms with Gasteiger partial charge in [-0.15, -0.1) is 15.9 Å². The molecule has 0 spiro atoms. The zero-order valence-corrected chi connectivity index (χ0v) is 30.0. The molecule has 39 heavy (non-hydrogen) atoms. The molecule has 0 aliphatic carbocycles. The summed E-state index contributed by atoms with van der Waals surface area (Å²) in [4.78, 5) is 31.2. The quantitative estimate of drug-likeness (QED) is 0.0794. The number of nitrogen functional groups attached to an aromatic ring is 1. The van der Waals surface area contributed by atoms with E-state index in [9.17, 15) is 39.0 Å². The standard InChI is InChI=1S/C15H17N4O13P3S.3Na/c16-13-10-7(9-2-1-3-36-9)4-19(14(10)18-6-17-13)15-12(21)11(20)8(29-15)5-28-33(23)31-35(26,27)32-34(24,25)30-22;;;/h1-4,6,8,11-12,15,20-21H,5H2,(H4-,16,17,18,22,24,25,26,27);;;/q;3*+1/p-2/t8-,11-,12-,15-;;;/m1.../s1. The molecule has 3 unspecified atom stereocenters. The van der Waals surface area contributed by atoms with Gasteiger partial charge in [0.1, 0.15) is 42.7 Å². The number of nitrogens with zero attached hydrogens (tertiary/aromatic N) is 3. The number of anilines is 1. The van der Waals surface area contributed by atoms with Crippen LogP contribution in [0.1, 0.15) is 6.23 Å². The largest absolute Gasteiger partial charge is 1.00 e. The number of rotatable bonds is 10. The average Bonchev–Trinajstić information content (AvgIpc) is 3.51. The van der Waals surface area contributed by atoms with Gasteiger partial charge in [0.05, 0.1) is 5.39 Å². The van der Waals surface area contributed by atoms with Gasteiger partial charge < -0.3 is 45.0 Å². The Balaban J connectivity index is 0.00000253. The normalized spacial score (nSPS) is 24.1. The molecule has 0 amide bonds. The fraction of sp³-hybridized carbons (Fsp3) is 0.333. The van der Waals surface area contributed by atoms with E-state index in [4.69, 9.17) is 10.5 Å². The van der Waals surface area contributed by atoms with E-state index in [-0.39, 0.29) is 100 Å². The van der Waals surface area contributed by atoms with Gasteiger partial charge in [0.25, 0.3) is 7.82 Å². The molecule has 1 saturated heterocycles. The molecule has 1 aliphatic heterocycles. The molecular formula is C15H15N4Na3O13P3S+. The Morgan fingerprint density at radius 2 is 1.87 bits per heavy atom. The summed E-state index contributed by atoms with van der Waals surface area (Å²) < 4.78 is 55.5. The van der Waals surface area contributed by atoms with Gasteiger partial charge in [0, 0.05) is 21.2 Å².